The number of allylic oxidation sites excluding steroid dienone is 1. The number of ketones is 1. The summed E-state index contributed by atoms with van der Waals surface area (Å²) >= 11 is 3.21. The zero-order valence-electron chi connectivity index (χ0n) is 10.2. The summed E-state index contributed by atoms with van der Waals surface area (Å²) in [6, 6.07) is 3.06. The average molecular weight is 321 g/mol. The van der Waals surface area contributed by atoms with Crippen molar-refractivity contribution in [2.75, 3.05) is 0 Å². The number of carbonyl (C=O) groups excluding carboxylic acids is 1. The molecule has 0 saturated carbocycles. The van der Waals surface area contributed by atoms with Gasteiger partial charge in [0.1, 0.15) is 5.82 Å². The number of hydrogen-bond donors (Lipinski definition) is 0. The number of halogens is 2. The summed E-state index contributed by atoms with van der Waals surface area (Å²) in [6.45, 7) is 0. The van der Waals surface area contributed by atoms with Gasteiger partial charge < -0.3 is 0 Å². The topological polar surface area (TPSA) is 34.9 Å². The second-order valence-corrected chi connectivity index (χ2v) is 5.45. The Morgan fingerprint density at radius 1 is 1.47 bits per heavy atom. The Morgan fingerprint density at radius 3 is 2.95 bits per heavy atom. The van der Waals surface area contributed by atoms with Gasteiger partial charge in [-0.25, -0.2) is 4.39 Å². The minimum Gasteiger partial charge on any atom is -0.289 e. The van der Waals surface area contributed by atoms with Gasteiger partial charge in [-0.2, -0.15) is 5.10 Å². The molecule has 1 aliphatic carbocycles. The first kappa shape index (κ1) is 12.3. The Morgan fingerprint density at radius 2 is 2.26 bits per heavy atom. The van der Waals surface area contributed by atoms with Crippen molar-refractivity contribution in [2.45, 2.75) is 6.42 Å². The summed E-state index contributed by atoms with van der Waals surface area (Å²) in [5, 5.41) is 4.04. The molecule has 96 valence electrons. The molecule has 0 unspecified atom stereocenters. The molecule has 0 aliphatic heterocycles. The molecule has 1 aliphatic rings. The van der Waals surface area contributed by atoms with Crippen LogP contribution in [0.5, 0.6) is 0 Å². The van der Waals surface area contributed by atoms with Crippen molar-refractivity contribution >= 4 is 27.8 Å². The molecular weight excluding hydrogens is 311 g/mol. The van der Waals surface area contributed by atoms with E-state index in [0.29, 0.717) is 27.6 Å². The van der Waals surface area contributed by atoms with Crippen molar-refractivity contribution < 1.29 is 9.18 Å². The summed E-state index contributed by atoms with van der Waals surface area (Å²) < 4.78 is 16.1. The minimum absolute atomic E-state index is 0.112. The van der Waals surface area contributed by atoms with Crippen LogP contribution in [0.15, 0.2) is 34.6 Å². The first-order valence-electron chi connectivity index (χ1n) is 5.76. The van der Waals surface area contributed by atoms with Gasteiger partial charge in [0.2, 0.25) is 0 Å². The molecule has 5 heteroatoms. The van der Waals surface area contributed by atoms with Crippen LogP contribution in [0.25, 0.3) is 6.08 Å². The van der Waals surface area contributed by atoms with Gasteiger partial charge in [-0.3, -0.25) is 9.48 Å². The lowest BCUT2D eigenvalue weighted by Crippen LogP contribution is -1.95. The second-order valence-electron chi connectivity index (χ2n) is 4.54. The molecule has 19 heavy (non-hydrogen) atoms. The Kier molecular flexibility index (Phi) is 2.86. The van der Waals surface area contributed by atoms with Crippen LogP contribution in [-0.2, 0) is 13.5 Å². The van der Waals surface area contributed by atoms with E-state index >= 15 is 0 Å². The van der Waals surface area contributed by atoms with Gasteiger partial charge in [-0.15, -0.1) is 0 Å². The quantitative estimate of drug-likeness (QED) is 0.756. The fourth-order valence-electron chi connectivity index (χ4n) is 2.26. The molecule has 0 amide bonds. The maximum Gasteiger partial charge on any atom is 0.189 e. The molecule has 0 radical (unpaired) electrons. The second kappa shape index (κ2) is 4.42. The highest BCUT2D eigenvalue weighted by molar-refractivity contribution is 9.10. The SMILES string of the molecule is Cn1cc(/C=C2/Cc3c(F)cc(Br)cc3C2=O)cn1. The molecule has 0 bridgehead atoms. The summed E-state index contributed by atoms with van der Waals surface area (Å²) in [5.41, 5.74) is 2.36. The van der Waals surface area contributed by atoms with Crippen LogP contribution in [0.4, 0.5) is 4.39 Å². The van der Waals surface area contributed by atoms with E-state index < -0.39 is 0 Å². The van der Waals surface area contributed by atoms with E-state index in [1.807, 2.05) is 13.2 Å². The lowest BCUT2D eigenvalue weighted by molar-refractivity contribution is 0.104. The number of carbonyl (C=O) groups is 1. The fraction of sp³-hybridized carbons (Fsp3) is 0.143. The maximum atomic E-state index is 13.8. The Hall–Kier alpha value is -1.75. The summed E-state index contributed by atoms with van der Waals surface area (Å²) in [6.07, 6.45) is 5.59. The zero-order valence-corrected chi connectivity index (χ0v) is 11.7. The zero-order chi connectivity index (χ0) is 13.6. The molecule has 3 rings (SSSR count). The van der Waals surface area contributed by atoms with E-state index in [0.717, 1.165) is 5.56 Å². The summed E-state index contributed by atoms with van der Waals surface area (Å²) in [5.74, 6) is -0.452. The van der Waals surface area contributed by atoms with Crippen molar-refractivity contribution in [1.82, 2.24) is 9.78 Å². The molecule has 0 fully saturated rings. The highest BCUT2D eigenvalue weighted by Gasteiger charge is 2.28. The van der Waals surface area contributed by atoms with Crippen LogP contribution in [0.1, 0.15) is 21.5 Å². The number of benzene rings is 1. The van der Waals surface area contributed by atoms with Gasteiger partial charge in [0.25, 0.3) is 0 Å². The first-order valence-corrected chi connectivity index (χ1v) is 6.56. The van der Waals surface area contributed by atoms with Crippen molar-refractivity contribution in [2.24, 2.45) is 7.05 Å². The van der Waals surface area contributed by atoms with Crippen LogP contribution in [-0.4, -0.2) is 15.6 Å². The Balaban J connectivity index is 2.04. The number of rotatable bonds is 1. The van der Waals surface area contributed by atoms with E-state index in [-0.39, 0.29) is 11.6 Å². The lowest BCUT2D eigenvalue weighted by Gasteiger charge is -1.99. The first-order chi connectivity index (χ1) is 9.04. The third-order valence-electron chi connectivity index (χ3n) is 3.13. The van der Waals surface area contributed by atoms with Gasteiger partial charge in [0, 0.05) is 46.4 Å². The molecule has 3 nitrogen and oxygen atoms in total. The molecule has 0 saturated heterocycles. The van der Waals surface area contributed by atoms with Crippen LogP contribution in [0.2, 0.25) is 0 Å². The molecule has 2 aromatic rings. The maximum absolute atomic E-state index is 13.8. The predicted octanol–water partition coefficient (Wildman–Crippen LogP) is 3.14. The van der Waals surface area contributed by atoms with Gasteiger partial charge in [0.15, 0.2) is 5.78 Å². The summed E-state index contributed by atoms with van der Waals surface area (Å²) in [4.78, 5) is 12.2. The fourth-order valence-corrected chi connectivity index (χ4v) is 2.69. The standard InChI is InChI=1S/C14H10BrFN2O/c1-18-7-8(6-17-18)2-9-3-11-12(14(9)19)4-10(15)5-13(11)16/h2,4-7H,3H2,1H3/b9-2-. The smallest absolute Gasteiger partial charge is 0.189 e. The number of aryl methyl sites for hydroxylation is 1. The largest absolute Gasteiger partial charge is 0.289 e. The molecule has 1 aromatic carbocycles. The molecule has 1 heterocycles. The van der Waals surface area contributed by atoms with Crippen LogP contribution in [0, 0.1) is 5.82 Å². The van der Waals surface area contributed by atoms with E-state index in [1.54, 1.807) is 23.0 Å². The van der Waals surface area contributed by atoms with Crippen LogP contribution >= 0.6 is 15.9 Å². The van der Waals surface area contributed by atoms with E-state index in [1.165, 1.54) is 6.07 Å². The Labute approximate surface area is 117 Å². The van der Waals surface area contributed by atoms with Crippen LogP contribution in [0.3, 0.4) is 0 Å². The Bertz CT molecular complexity index is 718. The third-order valence-corrected chi connectivity index (χ3v) is 3.59. The molecule has 0 spiro atoms. The van der Waals surface area contributed by atoms with E-state index in [4.69, 9.17) is 0 Å². The number of aromatic nitrogens is 2. The normalized spacial score (nSPS) is 16.2. The lowest BCUT2D eigenvalue weighted by atomic mass is 10.1. The highest BCUT2D eigenvalue weighted by atomic mass is 79.9. The van der Waals surface area contributed by atoms with Gasteiger partial charge in [-0.05, 0) is 18.2 Å². The van der Waals surface area contributed by atoms with E-state index in [2.05, 4.69) is 21.0 Å². The van der Waals surface area contributed by atoms with Crippen molar-refractivity contribution in [3.05, 3.63) is 57.1 Å². The van der Waals surface area contributed by atoms with Gasteiger partial charge in [-0.1, -0.05) is 15.9 Å². The molecule has 1 aromatic heterocycles. The molecule has 0 N–H and O–H groups in total. The molecular formula is C14H10BrFN2O. The number of nitrogens with zero attached hydrogens (tertiary/aromatic N) is 2. The van der Waals surface area contributed by atoms with Gasteiger partial charge >= 0.3 is 0 Å². The molecule has 0 atom stereocenters. The van der Waals surface area contributed by atoms with Crippen molar-refractivity contribution in [1.29, 1.82) is 0 Å². The predicted molar refractivity (Wildman–Crippen MR) is 73.3 cm³/mol. The minimum atomic E-state index is -0.340. The van der Waals surface area contributed by atoms with Crippen LogP contribution < -0.4 is 0 Å². The average Bonchev–Trinajstić information content (AvgIpc) is 2.87. The van der Waals surface area contributed by atoms with Crippen molar-refractivity contribution in [3.8, 4) is 0 Å². The number of fused-ring (bicyclic) bond motifs is 1. The number of Topliss-reactive ketones (excluding diaryl/α,β-unsaturated/α-hetero) is 1. The third kappa shape index (κ3) is 2.14. The number of hydrogen-bond acceptors (Lipinski definition) is 2. The van der Waals surface area contributed by atoms with E-state index in [9.17, 15) is 9.18 Å². The van der Waals surface area contributed by atoms with Gasteiger partial charge in [0.05, 0.1) is 6.20 Å². The highest BCUT2D eigenvalue weighted by Crippen LogP contribution is 2.32. The summed E-state index contributed by atoms with van der Waals surface area (Å²) in [7, 11) is 1.81. The monoisotopic (exact) mass is 320 g/mol. The van der Waals surface area contributed by atoms with Crippen molar-refractivity contribution in [3.63, 3.8) is 0 Å².